The van der Waals surface area contributed by atoms with Crippen LogP contribution in [0.3, 0.4) is 0 Å². The average Bonchev–Trinajstić information content (AvgIpc) is 2.98. The lowest BCUT2D eigenvalue weighted by molar-refractivity contribution is -0.138. The van der Waals surface area contributed by atoms with Gasteiger partial charge in [0.1, 0.15) is 11.6 Å². The van der Waals surface area contributed by atoms with Crippen LogP contribution in [0.25, 0.3) is 22.3 Å². The maximum Gasteiger partial charge on any atom is 0.417 e. The zero-order chi connectivity index (χ0) is 31.5. The van der Waals surface area contributed by atoms with Gasteiger partial charge in [-0.15, -0.1) is 0 Å². The van der Waals surface area contributed by atoms with Gasteiger partial charge in [-0.1, -0.05) is 24.3 Å². The molecule has 0 fully saturated rings. The molecule has 0 bridgehead atoms. The number of aromatic nitrogens is 4. The monoisotopic (exact) mass is 611 g/mol. The van der Waals surface area contributed by atoms with Crippen LogP contribution in [-0.4, -0.2) is 26.0 Å². The van der Waals surface area contributed by atoms with Crippen LogP contribution in [0.2, 0.25) is 0 Å². The summed E-state index contributed by atoms with van der Waals surface area (Å²) in [6, 6.07) is 12.0. The fraction of sp³-hybridized carbons (Fsp3) is 0.0690. The van der Waals surface area contributed by atoms with E-state index in [9.17, 15) is 31.1 Å². The van der Waals surface area contributed by atoms with Crippen molar-refractivity contribution < 1.29 is 35.9 Å². The van der Waals surface area contributed by atoms with Crippen LogP contribution in [0, 0.1) is 0 Å². The molecule has 9 nitrogen and oxygen atoms in total. The molecule has 224 valence electrons. The minimum absolute atomic E-state index is 0.0801. The number of alkyl halides is 6. The van der Waals surface area contributed by atoms with E-state index >= 15 is 0 Å². The standard InChI is InChI=1S/C29H19F6N7O2/c30-28(31,32)18-5-8-22(17-2-1-9-37-12-17)24(11-18)42-26(43)41-20-14-39-27(40-15-20)44-21-6-3-16(4-7-21)23-10-19(29(33,34)35)13-38-25(23)36/h1-15H,(H2,36,38)(H2,41,42,43). The van der Waals surface area contributed by atoms with E-state index in [1.807, 2.05) is 0 Å². The summed E-state index contributed by atoms with van der Waals surface area (Å²) in [4.78, 5) is 28.2. The second kappa shape index (κ2) is 11.9. The number of nitrogen functional groups attached to an aromatic ring is 1. The molecule has 0 saturated carbocycles. The second-order valence-corrected chi connectivity index (χ2v) is 9.11. The van der Waals surface area contributed by atoms with Gasteiger partial charge in [0, 0.05) is 35.3 Å². The summed E-state index contributed by atoms with van der Waals surface area (Å²) in [7, 11) is 0. The quantitative estimate of drug-likeness (QED) is 0.168. The number of anilines is 3. The van der Waals surface area contributed by atoms with Crippen LogP contribution in [-0.2, 0) is 12.4 Å². The number of nitrogens with zero attached hydrogens (tertiary/aromatic N) is 4. The van der Waals surface area contributed by atoms with Crippen LogP contribution in [0.1, 0.15) is 11.1 Å². The highest BCUT2D eigenvalue weighted by molar-refractivity contribution is 6.02. The number of rotatable bonds is 6. The van der Waals surface area contributed by atoms with Crippen molar-refractivity contribution in [3.05, 3.63) is 103 Å². The van der Waals surface area contributed by atoms with Gasteiger partial charge >= 0.3 is 24.4 Å². The molecule has 0 atom stereocenters. The predicted molar refractivity (Wildman–Crippen MR) is 149 cm³/mol. The number of hydrogen-bond acceptors (Lipinski definition) is 7. The highest BCUT2D eigenvalue weighted by atomic mass is 19.4. The van der Waals surface area contributed by atoms with Crippen LogP contribution in [0.4, 0.5) is 48.3 Å². The predicted octanol–water partition coefficient (Wildman–Crippen LogP) is 7.66. The van der Waals surface area contributed by atoms with Crippen LogP contribution in [0.5, 0.6) is 11.8 Å². The van der Waals surface area contributed by atoms with Crippen molar-refractivity contribution in [3.8, 4) is 34.0 Å². The molecule has 44 heavy (non-hydrogen) atoms. The largest absolute Gasteiger partial charge is 0.424 e. The minimum atomic E-state index is -4.63. The summed E-state index contributed by atoms with van der Waals surface area (Å²) < 4.78 is 84.8. The molecule has 5 aromatic rings. The Bertz CT molecular complexity index is 1780. The lowest BCUT2D eigenvalue weighted by Crippen LogP contribution is -2.20. The summed E-state index contributed by atoms with van der Waals surface area (Å²) >= 11 is 0. The van der Waals surface area contributed by atoms with Gasteiger partial charge in [0.15, 0.2) is 0 Å². The number of benzene rings is 2. The number of amides is 2. The van der Waals surface area contributed by atoms with E-state index in [1.54, 1.807) is 12.1 Å². The Morgan fingerprint density at radius 3 is 2.07 bits per heavy atom. The van der Waals surface area contributed by atoms with Gasteiger partial charge in [-0.2, -0.15) is 26.3 Å². The Hall–Kier alpha value is -5.73. The van der Waals surface area contributed by atoms with E-state index in [1.165, 1.54) is 55.1 Å². The van der Waals surface area contributed by atoms with E-state index in [2.05, 4.69) is 30.6 Å². The molecule has 2 amide bonds. The van der Waals surface area contributed by atoms with Gasteiger partial charge in [-0.3, -0.25) is 4.98 Å². The first-order chi connectivity index (χ1) is 20.9. The molecule has 3 heterocycles. The van der Waals surface area contributed by atoms with Gasteiger partial charge in [0.25, 0.3) is 0 Å². The van der Waals surface area contributed by atoms with Crippen LogP contribution >= 0.6 is 0 Å². The van der Waals surface area contributed by atoms with Crippen molar-refractivity contribution in [1.29, 1.82) is 0 Å². The summed E-state index contributed by atoms with van der Waals surface area (Å²) in [5.41, 5.74) is 5.14. The maximum absolute atomic E-state index is 13.3. The molecule has 0 saturated heterocycles. The first-order valence-electron chi connectivity index (χ1n) is 12.5. The van der Waals surface area contributed by atoms with Crippen LogP contribution in [0.15, 0.2) is 91.6 Å². The van der Waals surface area contributed by atoms with Crippen molar-refractivity contribution >= 4 is 23.2 Å². The maximum atomic E-state index is 13.3. The van der Waals surface area contributed by atoms with E-state index < -0.39 is 29.5 Å². The molecular formula is C29H19F6N7O2. The Morgan fingerprint density at radius 1 is 0.727 bits per heavy atom. The summed E-state index contributed by atoms with van der Waals surface area (Å²) in [5, 5.41) is 4.86. The molecule has 0 spiro atoms. The van der Waals surface area contributed by atoms with Gasteiger partial charge in [0.05, 0.1) is 34.9 Å². The minimum Gasteiger partial charge on any atom is -0.424 e. The third-order valence-electron chi connectivity index (χ3n) is 6.07. The molecule has 0 aliphatic carbocycles. The van der Waals surface area contributed by atoms with Gasteiger partial charge in [-0.05, 0) is 42.0 Å². The first-order valence-corrected chi connectivity index (χ1v) is 12.5. The smallest absolute Gasteiger partial charge is 0.417 e. The summed E-state index contributed by atoms with van der Waals surface area (Å²) in [6.07, 6.45) is -3.19. The van der Waals surface area contributed by atoms with Crippen molar-refractivity contribution in [1.82, 2.24) is 19.9 Å². The Kier molecular flexibility index (Phi) is 8.03. The number of carbonyl (C=O) groups excluding carboxylic acids is 1. The summed E-state index contributed by atoms with van der Waals surface area (Å²) in [6.45, 7) is 0. The number of pyridine rings is 2. The zero-order valence-electron chi connectivity index (χ0n) is 22.1. The Morgan fingerprint density at radius 2 is 1.43 bits per heavy atom. The van der Waals surface area contributed by atoms with Crippen molar-refractivity contribution in [2.45, 2.75) is 12.4 Å². The average molecular weight is 612 g/mol. The topological polar surface area (TPSA) is 128 Å². The molecule has 4 N–H and O–H groups in total. The molecule has 0 aliphatic heterocycles. The molecular weight excluding hydrogens is 592 g/mol. The van der Waals surface area contributed by atoms with Crippen molar-refractivity contribution in [2.24, 2.45) is 0 Å². The number of nitrogens with two attached hydrogens (primary N) is 1. The number of ether oxygens (including phenoxy) is 1. The molecule has 5 rings (SSSR count). The molecule has 0 aliphatic rings. The van der Waals surface area contributed by atoms with Gasteiger partial charge in [0.2, 0.25) is 0 Å². The van der Waals surface area contributed by atoms with Crippen molar-refractivity contribution in [2.75, 3.05) is 16.4 Å². The molecule has 15 heteroatoms. The Labute approximate surface area is 244 Å². The SMILES string of the molecule is Nc1ncc(C(F)(F)F)cc1-c1ccc(Oc2ncc(NC(=O)Nc3cc(C(F)(F)F)ccc3-c3cccnc3)cn2)cc1. The molecule has 3 aromatic heterocycles. The second-order valence-electron chi connectivity index (χ2n) is 9.11. The zero-order valence-corrected chi connectivity index (χ0v) is 22.1. The van der Waals surface area contributed by atoms with E-state index in [0.717, 1.165) is 18.2 Å². The van der Waals surface area contributed by atoms with E-state index in [0.29, 0.717) is 22.9 Å². The highest BCUT2D eigenvalue weighted by Crippen LogP contribution is 2.36. The number of carbonyl (C=O) groups is 1. The fourth-order valence-electron chi connectivity index (χ4n) is 3.99. The first kappa shape index (κ1) is 29.8. The Balaban J connectivity index is 1.26. The summed E-state index contributed by atoms with van der Waals surface area (Å²) in [5.74, 6) is 0.168. The third kappa shape index (κ3) is 7.00. The number of hydrogen-bond donors (Lipinski definition) is 3. The van der Waals surface area contributed by atoms with Crippen LogP contribution < -0.4 is 21.1 Å². The lowest BCUT2D eigenvalue weighted by Gasteiger charge is -2.15. The molecule has 0 radical (unpaired) electrons. The van der Waals surface area contributed by atoms with Crippen molar-refractivity contribution in [3.63, 3.8) is 0 Å². The normalized spacial score (nSPS) is 11.6. The number of urea groups is 1. The fourth-order valence-corrected chi connectivity index (χ4v) is 3.99. The highest BCUT2D eigenvalue weighted by Gasteiger charge is 2.32. The number of halogens is 6. The van der Waals surface area contributed by atoms with E-state index in [-0.39, 0.29) is 34.5 Å². The lowest BCUT2D eigenvalue weighted by atomic mass is 10.0. The molecule has 0 unspecified atom stereocenters. The number of nitrogens with one attached hydrogen (secondary N) is 2. The third-order valence-corrected chi connectivity index (χ3v) is 6.07. The van der Waals surface area contributed by atoms with Gasteiger partial charge < -0.3 is 21.1 Å². The van der Waals surface area contributed by atoms with E-state index in [4.69, 9.17) is 10.5 Å². The van der Waals surface area contributed by atoms with Gasteiger partial charge in [-0.25, -0.2) is 19.7 Å². The molecule has 2 aromatic carbocycles.